The van der Waals surface area contributed by atoms with Crippen LogP contribution in [0.3, 0.4) is 0 Å². The third-order valence-electron chi connectivity index (χ3n) is 3.75. The second-order valence-electron chi connectivity index (χ2n) is 5.37. The quantitative estimate of drug-likeness (QED) is 0.840. The van der Waals surface area contributed by atoms with Crippen LogP contribution in [0.15, 0.2) is 23.1 Å². The van der Waals surface area contributed by atoms with E-state index >= 15 is 0 Å². The van der Waals surface area contributed by atoms with Crippen molar-refractivity contribution in [3.63, 3.8) is 0 Å². The first kappa shape index (κ1) is 17.8. The van der Waals surface area contributed by atoms with Crippen molar-refractivity contribution in [2.45, 2.75) is 35.7 Å². The fraction of sp³-hybridized carbons (Fsp3) is 0.500. The molecule has 0 aromatic heterocycles. The van der Waals surface area contributed by atoms with E-state index in [1.807, 2.05) is 18.2 Å². The Balaban J connectivity index is 0.00000176. The van der Waals surface area contributed by atoms with Gasteiger partial charge in [-0.25, -0.2) is 8.78 Å². The van der Waals surface area contributed by atoms with Crippen molar-refractivity contribution in [1.29, 1.82) is 0 Å². The van der Waals surface area contributed by atoms with Crippen LogP contribution in [0.5, 0.6) is 0 Å². The molecule has 2 heterocycles. The second kappa shape index (κ2) is 6.91. The molecule has 0 radical (unpaired) electrons. The fourth-order valence-electron chi connectivity index (χ4n) is 2.69. The maximum absolute atomic E-state index is 13.2. The number of thioether (sulfide) groups is 1. The Morgan fingerprint density at radius 2 is 2.23 bits per heavy atom. The van der Waals surface area contributed by atoms with Crippen LogP contribution in [-0.4, -0.2) is 30.2 Å². The summed E-state index contributed by atoms with van der Waals surface area (Å²) in [4.78, 5) is 13.2. The Hall–Kier alpha value is -0.560. The van der Waals surface area contributed by atoms with Gasteiger partial charge >= 0.3 is 0 Å². The third kappa shape index (κ3) is 3.85. The largest absolute Gasteiger partial charge is 0.348 e. The van der Waals surface area contributed by atoms with Crippen LogP contribution in [-0.2, 0) is 4.79 Å². The number of hydrogen-bond donors (Lipinski definition) is 2. The number of rotatable bonds is 2. The minimum absolute atomic E-state index is 0. The number of amides is 1. The molecule has 8 heteroatoms. The summed E-state index contributed by atoms with van der Waals surface area (Å²) < 4.78 is 26.3. The molecule has 1 amide bonds. The summed E-state index contributed by atoms with van der Waals surface area (Å²) in [5.41, 5.74) is 0.969. The molecule has 2 aliphatic heterocycles. The van der Waals surface area contributed by atoms with Crippen LogP contribution in [0.4, 0.5) is 8.78 Å². The smallest absolute Gasteiger partial charge is 0.262 e. The van der Waals surface area contributed by atoms with E-state index in [0.29, 0.717) is 5.02 Å². The van der Waals surface area contributed by atoms with Crippen molar-refractivity contribution in [2.24, 2.45) is 0 Å². The number of nitrogens with one attached hydrogen (secondary N) is 2. The van der Waals surface area contributed by atoms with Crippen LogP contribution in [0, 0.1) is 0 Å². The third-order valence-corrected chi connectivity index (χ3v) is 5.11. The van der Waals surface area contributed by atoms with Crippen LogP contribution >= 0.6 is 35.8 Å². The van der Waals surface area contributed by atoms with Gasteiger partial charge in [0.25, 0.3) is 5.92 Å². The second-order valence-corrected chi connectivity index (χ2v) is 6.95. The van der Waals surface area contributed by atoms with Crippen molar-refractivity contribution >= 4 is 41.7 Å². The summed E-state index contributed by atoms with van der Waals surface area (Å²) in [6.07, 6.45) is 0.329. The average molecular weight is 369 g/mol. The number of halogens is 4. The zero-order valence-electron chi connectivity index (χ0n) is 11.6. The van der Waals surface area contributed by atoms with Gasteiger partial charge in [-0.05, 0) is 30.2 Å². The lowest BCUT2D eigenvalue weighted by molar-refractivity contribution is -0.124. The Kier molecular flexibility index (Phi) is 5.59. The van der Waals surface area contributed by atoms with Gasteiger partial charge < -0.3 is 5.32 Å². The van der Waals surface area contributed by atoms with E-state index in [0.717, 1.165) is 22.6 Å². The van der Waals surface area contributed by atoms with E-state index in [9.17, 15) is 13.6 Å². The zero-order chi connectivity index (χ0) is 15.0. The number of carbonyl (C=O) groups is 1. The van der Waals surface area contributed by atoms with Crippen LogP contribution in [0.1, 0.15) is 24.4 Å². The normalized spacial score (nSPS) is 26.0. The molecule has 1 fully saturated rings. The van der Waals surface area contributed by atoms with Crippen molar-refractivity contribution in [1.82, 2.24) is 10.6 Å². The maximum Gasteiger partial charge on any atom is 0.262 e. The molecule has 1 aromatic carbocycles. The number of benzene rings is 1. The lowest BCUT2D eigenvalue weighted by atomic mass is 10.0. The number of carbonyl (C=O) groups excluding carboxylic acids is 1. The number of fused-ring (bicyclic) bond motifs is 1. The molecule has 0 saturated carbocycles. The lowest BCUT2D eigenvalue weighted by Gasteiger charge is -2.27. The monoisotopic (exact) mass is 368 g/mol. The minimum atomic E-state index is -2.80. The molecule has 1 aromatic rings. The maximum atomic E-state index is 13.2. The molecule has 2 unspecified atom stereocenters. The Morgan fingerprint density at radius 1 is 1.45 bits per heavy atom. The molecule has 0 spiro atoms. The van der Waals surface area contributed by atoms with Crippen LogP contribution < -0.4 is 10.6 Å². The molecule has 3 rings (SSSR count). The summed E-state index contributed by atoms with van der Waals surface area (Å²) in [7, 11) is 0. The molecule has 22 heavy (non-hydrogen) atoms. The zero-order valence-corrected chi connectivity index (χ0v) is 14.0. The van der Waals surface area contributed by atoms with E-state index in [1.165, 1.54) is 0 Å². The predicted molar refractivity (Wildman–Crippen MR) is 86.3 cm³/mol. The summed E-state index contributed by atoms with van der Waals surface area (Å²) in [6, 6.07) is 4.60. The van der Waals surface area contributed by atoms with Gasteiger partial charge in [0, 0.05) is 22.1 Å². The van der Waals surface area contributed by atoms with E-state index in [-0.39, 0.29) is 24.4 Å². The van der Waals surface area contributed by atoms with E-state index < -0.39 is 24.9 Å². The fourth-order valence-corrected chi connectivity index (χ4v) is 3.97. The topological polar surface area (TPSA) is 41.1 Å². The van der Waals surface area contributed by atoms with Crippen molar-refractivity contribution in [2.75, 3.05) is 12.3 Å². The predicted octanol–water partition coefficient (Wildman–Crippen LogP) is 3.41. The molecular formula is C14H16Cl2F2N2OS. The molecule has 0 aliphatic carbocycles. The van der Waals surface area contributed by atoms with E-state index in [2.05, 4.69) is 10.6 Å². The van der Waals surface area contributed by atoms with Crippen molar-refractivity contribution in [3.8, 4) is 0 Å². The molecule has 1 saturated heterocycles. The highest BCUT2D eigenvalue weighted by Crippen LogP contribution is 2.37. The average Bonchev–Trinajstić information content (AvgIpc) is 2.80. The van der Waals surface area contributed by atoms with Crippen LogP contribution in [0.25, 0.3) is 0 Å². The molecular weight excluding hydrogens is 353 g/mol. The molecule has 2 N–H and O–H groups in total. The summed E-state index contributed by atoms with van der Waals surface area (Å²) >= 11 is 7.72. The van der Waals surface area contributed by atoms with Crippen molar-refractivity contribution < 1.29 is 13.6 Å². The highest BCUT2D eigenvalue weighted by Gasteiger charge is 2.42. The summed E-state index contributed by atoms with van der Waals surface area (Å²) in [5, 5.41) is 6.07. The summed E-state index contributed by atoms with van der Waals surface area (Å²) in [6.45, 7) is -0.436. The molecule has 0 bridgehead atoms. The van der Waals surface area contributed by atoms with Crippen LogP contribution in [0.2, 0.25) is 5.02 Å². The van der Waals surface area contributed by atoms with Crippen molar-refractivity contribution in [3.05, 3.63) is 28.8 Å². The Bertz CT molecular complexity index is 574. The first-order valence-corrected chi connectivity index (χ1v) is 8.15. The highest BCUT2D eigenvalue weighted by atomic mass is 35.5. The first-order valence-electron chi connectivity index (χ1n) is 6.78. The van der Waals surface area contributed by atoms with E-state index in [1.54, 1.807) is 11.8 Å². The minimum Gasteiger partial charge on any atom is -0.348 e. The van der Waals surface area contributed by atoms with Gasteiger partial charge in [0.2, 0.25) is 5.91 Å². The SMILES string of the molecule is Cl.O=C(NC1CCSc2ccc(Cl)cc21)C1CC(F)(F)CN1. The summed E-state index contributed by atoms with van der Waals surface area (Å²) in [5.74, 6) is -2.28. The van der Waals surface area contributed by atoms with Gasteiger partial charge in [-0.3, -0.25) is 10.1 Å². The number of hydrogen-bond acceptors (Lipinski definition) is 3. The highest BCUT2D eigenvalue weighted by molar-refractivity contribution is 7.99. The molecule has 122 valence electrons. The first-order chi connectivity index (χ1) is 9.94. The molecule has 2 aliphatic rings. The van der Waals surface area contributed by atoms with Gasteiger partial charge in [-0.1, -0.05) is 11.6 Å². The Morgan fingerprint density at radius 3 is 2.91 bits per heavy atom. The lowest BCUT2D eigenvalue weighted by Crippen LogP contribution is -2.42. The van der Waals surface area contributed by atoms with Gasteiger partial charge in [0.15, 0.2) is 0 Å². The van der Waals surface area contributed by atoms with E-state index in [4.69, 9.17) is 11.6 Å². The standard InChI is InChI=1S/C14H15ClF2N2OS.ClH/c15-8-1-2-12-9(5-8)10(3-4-21-12)19-13(20)11-6-14(16,17)7-18-11;/h1-2,5,10-11,18H,3-4,6-7H2,(H,19,20);1H. The number of alkyl halides is 2. The molecule has 3 nitrogen and oxygen atoms in total. The van der Waals surface area contributed by atoms with Gasteiger partial charge in [0.05, 0.1) is 18.6 Å². The van der Waals surface area contributed by atoms with Gasteiger partial charge in [-0.15, -0.1) is 24.2 Å². The molecule has 2 atom stereocenters. The Labute approximate surface area is 143 Å². The van der Waals surface area contributed by atoms with Gasteiger partial charge in [-0.2, -0.15) is 0 Å². The van der Waals surface area contributed by atoms with Gasteiger partial charge in [0.1, 0.15) is 0 Å².